The summed E-state index contributed by atoms with van der Waals surface area (Å²) >= 11 is 0. The van der Waals surface area contributed by atoms with Gasteiger partial charge in [0.2, 0.25) is 15.0 Å². The Labute approximate surface area is 167 Å². The van der Waals surface area contributed by atoms with Gasteiger partial charge in [-0.2, -0.15) is 0 Å². The predicted octanol–water partition coefficient (Wildman–Crippen LogP) is 0.729. The Morgan fingerprint density at radius 2 is 2.07 bits per heavy atom. The van der Waals surface area contributed by atoms with E-state index in [2.05, 4.69) is 14.9 Å². The highest BCUT2D eigenvalue weighted by atomic mass is 32.2. The molecule has 0 radical (unpaired) electrons. The van der Waals surface area contributed by atoms with Gasteiger partial charge in [-0.3, -0.25) is 9.69 Å². The zero-order valence-electron chi connectivity index (χ0n) is 16.9. The van der Waals surface area contributed by atoms with E-state index in [4.69, 9.17) is 9.47 Å². The lowest BCUT2D eigenvalue weighted by Gasteiger charge is -2.31. The molecule has 2 fully saturated rings. The Kier molecular flexibility index (Phi) is 6.48. The number of hydrogen-bond donors (Lipinski definition) is 2. The van der Waals surface area contributed by atoms with Crippen LogP contribution in [0.2, 0.25) is 0 Å². The Balaban J connectivity index is 1.72. The summed E-state index contributed by atoms with van der Waals surface area (Å²) in [5.74, 6) is 0.825. The van der Waals surface area contributed by atoms with Gasteiger partial charge in [-0.1, -0.05) is 0 Å². The van der Waals surface area contributed by atoms with E-state index in [-0.39, 0.29) is 17.9 Å². The molecule has 2 atom stereocenters. The molecule has 2 N–H and O–H groups in total. The summed E-state index contributed by atoms with van der Waals surface area (Å²) < 4.78 is 37.9. The van der Waals surface area contributed by atoms with Gasteiger partial charge in [0, 0.05) is 32.7 Å². The van der Waals surface area contributed by atoms with Gasteiger partial charge in [-0.05, 0) is 57.3 Å². The van der Waals surface area contributed by atoms with E-state index < -0.39 is 15.0 Å². The average molecular weight is 414 g/mol. The molecule has 2 aliphatic carbocycles. The summed E-state index contributed by atoms with van der Waals surface area (Å²) in [5, 5.41) is 2.97. The van der Waals surface area contributed by atoms with Crippen LogP contribution in [0.15, 0.2) is 23.5 Å². The van der Waals surface area contributed by atoms with E-state index >= 15 is 0 Å². The third kappa shape index (κ3) is 4.27. The fourth-order valence-corrected chi connectivity index (χ4v) is 5.12. The monoisotopic (exact) mass is 413 g/mol. The lowest BCUT2D eigenvalue weighted by atomic mass is 10.0. The highest BCUT2D eigenvalue weighted by Gasteiger charge is 2.44. The van der Waals surface area contributed by atoms with Crippen LogP contribution in [-0.2, 0) is 24.3 Å². The minimum Gasteiger partial charge on any atom is -0.496 e. The first-order chi connectivity index (χ1) is 13.4. The van der Waals surface area contributed by atoms with Crippen LogP contribution in [0.25, 0.3) is 0 Å². The second-order valence-electron chi connectivity index (χ2n) is 7.70. The molecule has 1 heterocycles. The molecule has 158 valence electrons. The third-order valence-corrected chi connectivity index (χ3v) is 7.82. The average Bonchev–Trinajstić information content (AvgIpc) is 3.42. The minimum atomic E-state index is -3.81. The van der Waals surface area contributed by atoms with Crippen LogP contribution in [-0.4, -0.2) is 71.1 Å². The van der Waals surface area contributed by atoms with Gasteiger partial charge in [0.05, 0.1) is 12.7 Å². The van der Waals surface area contributed by atoms with Gasteiger partial charge in [0.15, 0.2) is 0 Å². The molecule has 0 aromatic rings. The van der Waals surface area contributed by atoms with Crippen molar-refractivity contribution < 1.29 is 22.7 Å². The largest absolute Gasteiger partial charge is 0.496 e. The molecule has 1 saturated heterocycles. The molecule has 0 aromatic heterocycles. The zero-order chi connectivity index (χ0) is 20.4. The number of rotatable bonds is 9. The maximum absolute atomic E-state index is 12.9. The SMILES string of the molecule is CNS(=O)(=O)C1(OC)C=C(C(=O)NCC2CCCN2CC2CC2)C(OC)=CC1. The van der Waals surface area contributed by atoms with Gasteiger partial charge < -0.3 is 14.8 Å². The molecule has 0 aromatic carbocycles. The molecule has 8 nitrogen and oxygen atoms in total. The number of sulfonamides is 1. The van der Waals surface area contributed by atoms with E-state index in [0.717, 1.165) is 31.8 Å². The van der Waals surface area contributed by atoms with E-state index in [1.807, 2.05) is 0 Å². The molecule has 28 heavy (non-hydrogen) atoms. The van der Waals surface area contributed by atoms with Crippen molar-refractivity contribution in [2.75, 3.05) is 40.9 Å². The Bertz CT molecular complexity index is 760. The molecule has 1 aliphatic heterocycles. The number of nitrogens with zero attached hydrogens (tertiary/aromatic N) is 1. The van der Waals surface area contributed by atoms with E-state index in [0.29, 0.717) is 18.3 Å². The van der Waals surface area contributed by atoms with Crippen molar-refractivity contribution in [3.8, 4) is 0 Å². The first kappa shape index (κ1) is 21.3. The molecule has 3 aliphatic rings. The molecule has 0 bridgehead atoms. The Morgan fingerprint density at radius 1 is 1.32 bits per heavy atom. The number of carbonyl (C=O) groups excluding carboxylic acids is 1. The van der Waals surface area contributed by atoms with Crippen molar-refractivity contribution in [1.82, 2.24) is 14.9 Å². The second kappa shape index (κ2) is 8.52. The lowest BCUT2D eigenvalue weighted by molar-refractivity contribution is -0.117. The number of amides is 1. The molecule has 2 unspecified atom stereocenters. The van der Waals surface area contributed by atoms with Crippen LogP contribution in [0.1, 0.15) is 32.1 Å². The lowest BCUT2D eigenvalue weighted by Crippen LogP contribution is -2.47. The van der Waals surface area contributed by atoms with Gasteiger partial charge in [0.1, 0.15) is 5.76 Å². The van der Waals surface area contributed by atoms with Crippen molar-refractivity contribution in [3.05, 3.63) is 23.5 Å². The number of methoxy groups -OCH3 is 2. The van der Waals surface area contributed by atoms with Gasteiger partial charge >= 0.3 is 0 Å². The van der Waals surface area contributed by atoms with Gasteiger partial charge in [-0.25, -0.2) is 13.1 Å². The highest BCUT2D eigenvalue weighted by Crippen LogP contribution is 2.34. The Hall–Kier alpha value is -1.42. The highest BCUT2D eigenvalue weighted by molar-refractivity contribution is 7.90. The summed E-state index contributed by atoms with van der Waals surface area (Å²) in [6.45, 7) is 2.73. The standard InChI is InChI=1S/C19H31N3O5S/c1-20-28(24,25)19(27-3)9-8-17(26-2)16(11-19)18(23)21-12-15-5-4-10-22(15)13-14-6-7-14/h8,11,14-15,20H,4-7,9-10,12-13H2,1-3H3,(H,21,23). The molecule has 9 heteroatoms. The number of carbonyl (C=O) groups is 1. The summed E-state index contributed by atoms with van der Waals surface area (Å²) in [6.07, 6.45) is 7.82. The van der Waals surface area contributed by atoms with E-state index in [1.54, 1.807) is 6.08 Å². The topological polar surface area (TPSA) is 97.0 Å². The van der Waals surface area contributed by atoms with Crippen LogP contribution in [0.3, 0.4) is 0 Å². The van der Waals surface area contributed by atoms with Crippen molar-refractivity contribution in [2.24, 2.45) is 5.92 Å². The first-order valence-electron chi connectivity index (χ1n) is 9.83. The fourth-order valence-electron chi connectivity index (χ4n) is 3.98. The molecule has 0 spiro atoms. The summed E-state index contributed by atoms with van der Waals surface area (Å²) in [6, 6.07) is 0.330. The summed E-state index contributed by atoms with van der Waals surface area (Å²) in [5.41, 5.74) is 0.182. The number of ether oxygens (including phenoxy) is 2. The smallest absolute Gasteiger partial charge is 0.254 e. The molecular weight excluding hydrogens is 382 g/mol. The fraction of sp³-hybridized carbons (Fsp3) is 0.737. The Morgan fingerprint density at radius 3 is 2.68 bits per heavy atom. The van der Waals surface area contributed by atoms with Crippen LogP contribution in [0.4, 0.5) is 0 Å². The maximum atomic E-state index is 12.9. The minimum absolute atomic E-state index is 0.0599. The maximum Gasteiger partial charge on any atom is 0.254 e. The van der Waals surface area contributed by atoms with Crippen LogP contribution >= 0.6 is 0 Å². The summed E-state index contributed by atoms with van der Waals surface area (Å²) in [7, 11) is 0.299. The van der Waals surface area contributed by atoms with Gasteiger partial charge in [-0.15, -0.1) is 0 Å². The van der Waals surface area contributed by atoms with Crippen LogP contribution in [0, 0.1) is 5.92 Å². The van der Waals surface area contributed by atoms with Crippen molar-refractivity contribution in [1.29, 1.82) is 0 Å². The molecule has 1 saturated carbocycles. The normalized spacial score (nSPS) is 28.6. The van der Waals surface area contributed by atoms with Crippen molar-refractivity contribution in [3.63, 3.8) is 0 Å². The second-order valence-corrected chi connectivity index (χ2v) is 9.81. The van der Waals surface area contributed by atoms with Crippen molar-refractivity contribution in [2.45, 2.75) is 43.1 Å². The van der Waals surface area contributed by atoms with Crippen LogP contribution in [0.5, 0.6) is 0 Å². The van der Waals surface area contributed by atoms with Crippen LogP contribution < -0.4 is 10.0 Å². The zero-order valence-corrected chi connectivity index (χ0v) is 17.7. The van der Waals surface area contributed by atoms with E-state index in [1.165, 1.54) is 40.2 Å². The first-order valence-corrected chi connectivity index (χ1v) is 11.3. The summed E-state index contributed by atoms with van der Waals surface area (Å²) in [4.78, 5) is 13.7. The molecule has 3 rings (SSSR count). The molecule has 1 amide bonds. The number of hydrogen-bond acceptors (Lipinski definition) is 6. The number of likely N-dealkylation sites (tertiary alicyclic amines) is 1. The third-order valence-electron chi connectivity index (χ3n) is 5.92. The molecular formula is C19H31N3O5S. The number of nitrogens with one attached hydrogen (secondary N) is 2. The quantitative estimate of drug-likeness (QED) is 0.578. The van der Waals surface area contributed by atoms with E-state index in [9.17, 15) is 13.2 Å². The van der Waals surface area contributed by atoms with Crippen molar-refractivity contribution >= 4 is 15.9 Å². The predicted molar refractivity (Wildman–Crippen MR) is 106 cm³/mol. The van der Waals surface area contributed by atoms with Gasteiger partial charge in [0.25, 0.3) is 5.91 Å².